The van der Waals surface area contributed by atoms with E-state index < -0.39 is 18.5 Å². The number of hydrogen-bond acceptors (Lipinski definition) is 3. The van der Waals surface area contributed by atoms with Crippen LogP contribution < -0.4 is 16.6 Å². The molecule has 0 unspecified atom stereocenters. The molecule has 1 aromatic heterocycles. The van der Waals surface area contributed by atoms with Gasteiger partial charge in [-0.05, 0) is 18.2 Å². The van der Waals surface area contributed by atoms with Crippen molar-refractivity contribution in [1.82, 2.24) is 4.98 Å². The molecule has 0 aliphatic heterocycles. The summed E-state index contributed by atoms with van der Waals surface area (Å²) >= 11 is 5.77. The number of hydrogen-bond donors (Lipinski definition) is 4. The minimum Gasteiger partial charge on any atom is -0.398 e. The molecule has 2 aromatic rings. The van der Waals surface area contributed by atoms with Crippen LogP contribution in [0.25, 0.3) is 10.9 Å². The number of nitrogens with one attached hydrogen (secondary N) is 1. The van der Waals surface area contributed by atoms with Crippen molar-refractivity contribution in [2.24, 2.45) is 0 Å². The number of benzene rings is 1. The number of anilines is 1. The number of H-pyrrole nitrogens is 1. The van der Waals surface area contributed by atoms with E-state index in [0.717, 1.165) is 6.07 Å². The van der Waals surface area contributed by atoms with Crippen molar-refractivity contribution in [2.45, 2.75) is 0 Å². The molecule has 0 fully saturated rings. The van der Waals surface area contributed by atoms with Crippen LogP contribution in [0.2, 0.25) is 5.02 Å². The fourth-order valence-electron chi connectivity index (χ4n) is 1.45. The highest BCUT2D eigenvalue weighted by Gasteiger charge is 2.22. The third-order valence-corrected chi connectivity index (χ3v) is 3.54. The lowest BCUT2D eigenvalue weighted by atomic mass is 10.2. The molecule has 0 bridgehead atoms. The lowest BCUT2D eigenvalue weighted by Crippen LogP contribution is -2.26. The second-order valence-electron chi connectivity index (χ2n) is 3.49. The van der Waals surface area contributed by atoms with Crippen molar-refractivity contribution in [1.29, 1.82) is 0 Å². The Bertz CT molecular complexity index is 706. The minimum absolute atomic E-state index is 0.261. The summed E-state index contributed by atoms with van der Waals surface area (Å²) in [5.41, 5.74) is 5.36. The lowest BCUT2D eigenvalue weighted by molar-refractivity contribution is 0.387. The van der Waals surface area contributed by atoms with Gasteiger partial charge < -0.3 is 20.5 Å². The first-order valence-corrected chi connectivity index (χ1v) is 6.46. The number of aromatic nitrogens is 1. The van der Waals surface area contributed by atoms with Gasteiger partial charge in [0.05, 0.1) is 10.7 Å². The van der Waals surface area contributed by atoms with Crippen LogP contribution in [-0.4, -0.2) is 14.8 Å². The number of nitrogen functional groups attached to an aromatic ring is 1. The van der Waals surface area contributed by atoms with E-state index in [-0.39, 0.29) is 10.7 Å². The maximum absolute atomic E-state index is 11.5. The van der Waals surface area contributed by atoms with Crippen LogP contribution in [0.15, 0.2) is 23.0 Å². The molecule has 0 aliphatic rings. The van der Waals surface area contributed by atoms with E-state index in [2.05, 4.69) is 4.98 Å². The molecule has 1 heterocycles. The lowest BCUT2D eigenvalue weighted by Gasteiger charge is -2.06. The molecule has 8 heteroatoms. The fraction of sp³-hybridized carbons (Fsp3) is 0. The summed E-state index contributed by atoms with van der Waals surface area (Å²) in [5.74, 6) is 0. The monoisotopic (exact) mass is 274 g/mol. The van der Waals surface area contributed by atoms with E-state index >= 15 is 0 Å². The zero-order chi connectivity index (χ0) is 12.8. The zero-order valence-corrected chi connectivity index (χ0v) is 10.00. The number of rotatable bonds is 1. The molecule has 5 N–H and O–H groups in total. The Kier molecular flexibility index (Phi) is 2.75. The van der Waals surface area contributed by atoms with Crippen LogP contribution in [0.4, 0.5) is 5.69 Å². The van der Waals surface area contributed by atoms with Gasteiger partial charge in [-0.2, -0.15) is 0 Å². The van der Waals surface area contributed by atoms with E-state index in [1.807, 2.05) is 0 Å². The SMILES string of the molecule is Nc1cc2cc(P(=O)(O)O)c(=O)[nH]c2cc1Cl. The molecule has 0 saturated heterocycles. The molecule has 0 radical (unpaired) electrons. The van der Waals surface area contributed by atoms with Crippen molar-refractivity contribution in [3.8, 4) is 0 Å². The fourth-order valence-corrected chi connectivity index (χ4v) is 2.24. The van der Waals surface area contributed by atoms with Gasteiger partial charge in [0.25, 0.3) is 5.56 Å². The molecule has 1 aromatic carbocycles. The van der Waals surface area contributed by atoms with Gasteiger partial charge in [-0.15, -0.1) is 0 Å². The molecular formula is C9H8ClN2O4P. The predicted octanol–water partition coefficient (Wildman–Crippen LogP) is 0.567. The molecular weight excluding hydrogens is 267 g/mol. The van der Waals surface area contributed by atoms with E-state index in [9.17, 15) is 9.36 Å². The summed E-state index contributed by atoms with van der Waals surface area (Å²) in [4.78, 5) is 31.8. The highest BCUT2D eigenvalue weighted by molar-refractivity contribution is 7.60. The summed E-state index contributed by atoms with van der Waals surface area (Å²) < 4.78 is 11.1. The normalized spacial score (nSPS) is 11.9. The van der Waals surface area contributed by atoms with E-state index in [1.54, 1.807) is 0 Å². The third-order valence-electron chi connectivity index (χ3n) is 2.26. The highest BCUT2D eigenvalue weighted by Crippen LogP contribution is 2.32. The zero-order valence-electron chi connectivity index (χ0n) is 8.35. The standard InChI is InChI=1S/C9H8ClN2O4P/c10-5-3-7-4(1-6(5)11)2-8(9(13)12-7)17(14,15)16/h1-3H,11H2,(H,12,13)(H2,14,15,16). The van der Waals surface area contributed by atoms with Crippen molar-refractivity contribution in [3.63, 3.8) is 0 Å². The van der Waals surface area contributed by atoms with Crippen molar-refractivity contribution >= 4 is 41.1 Å². The average Bonchev–Trinajstić information content (AvgIpc) is 2.18. The Morgan fingerprint density at radius 2 is 1.94 bits per heavy atom. The van der Waals surface area contributed by atoms with Gasteiger partial charge in [0.15, 0.2) is 0 Å². The van der Waals surface area contributed by atoms with Crippen LogP contribution in [0, 0.1) is 0 Å². The molecule has 17 heavy (non-hydrogen) atoms. The Morgan fingerprint density at radius 1 is 1.29 bits per heavy atom. The topological polar surface area (TPSA) is 116 Å². The number of pyridine rings is 1. The van der Waals surface area contributed by atoms with Crippen LogP contribution in [0.1, 0.15) is 0 Å². The average molecular weight is 275 g/mol. The quantitative estimate of drug-likeness (QED) is 0.448. The van der Waals surface area contributed by atoms with Crippen LogP contribution in [-0.2, 0) is 4.57 Å². The first kappa shape index (κ1) is 12.1. The molecule has 6 nitrogen and oxygen atoms in total. The molecule has 0 aliphatic carbocycles. The number of aromatic amines is 1. The first-order valence-electron chi connectivity index (χ1n) is 4.47. The Balaban J connectivity index is 2.86. The second-order valence-corrected chi connectivity index (χ2v) is 5.47. The van der Waals surface area contributed by atoms with Gasteiger partial charge in [-0.25, -0.2) is 0 Å². The summed E-state index contributed by atoms with van der Waals surface area (Å²) in [7, 11) is -4.60. The maximum Gasteiger partial charge on any atom is 0.361 e. The predicted molar refractivity (Wildman–Crippen MR) is 65.7 cm³/mol. The molecule has 0 spiro atoms. The summed E-state index contributed by atoms with van der Waals surface area (Å²) in [6, 6.07) is 3.98. The van der Waals surface area contributed by atoms with Crippen LogP contribution in [0.5, 0.6) is 0 Å². The molecule has 0 atom stereocenters. The van der Waals surface area contributed by atoms with E-state index in [0.29, 0.717) is 10.9 Å². The van der Waals surface area contributed by atoms with Gasteiger partial charge in [-0.3, -0.25) is 9.36 Å². The molecule has 0 saturated carbocycles. The third kappa shape index (κ3) is 2.21. The number of nitrogens with two attached hydrogens (primary N) is 1. The van der Waals surface area contributed by atoms with Gasteiger partial charge in [0.1, 0.15) is 5.30 Å². The van der Waals surface area contributed by atoms with Crippen molar-refractivity contribution < 1.29 is 14.4 Å². The molecule has 2 rings (SSSR count). The first-order chi connectivity index (χ1) is 7.79. The van der Waals surface area contributed by atoms with Crippen LogP contribution >= 0.6 is 19.2 Å². The van der Waals surface area contributed by atoms with Gasteiger partial charge in [-0.1, -0.05) is 11.6 Å². The summed E-state index contributed by atoms with van der Waals surface area (Å²) in [6.07, 6.45) is 0. The van der Waals surface area contributed by atoms with Gasteiger partial charge in [0.2, 0.25) is 0 Å². The van der Waals surface area contributed by atoms with Gasteiger partial charge in [0, 0.05) is 10.9 Å². The number of fused-ring (bicyclic) bond motifs is 1. The second kappa shape index (κ2) is 3.85. The Hall–Kier alpha value is -1.33. The summed E-state index contributed by atoms with van der Waals surface area (Å²) in [6.45, 7) is 0. The van der Waals surface area contributed by atoms with E-state index in [4.69, 9.17) is 27.1 Å². The maximum atomic E-state index is 11.5. The Labute approximate surface area is 100 Å². The molecule has 0 amide bonds. The van der Waals surface area contributed by atoms with E-state index in [1.165, 1.54) is 12.1 Å². The highest BCUT2D eigenvalue weighted by atomic mass is 35.5. The molecule has 90 valence electrons. The Morgan fingerprint density at radius 3 is 2.53 bits per heavy atom. The number of halogens is 1. The minimum atomic E-state index is -4.60. The van der Waals surface area contributed by atoms with Crippen LogP contribution in [0.3, 0.4) is 0 Å². The van der Waals surface area contributed by atoms with Crippen molar-refractivity contribution in [3.05, 3.63) is 33.6 Å². The van der Waals surface area contributed by atoms with Gasteiger partial charge >= 0.3 is 7.60 Å². The smallest absolute Gasteiger partial charge is 0.361 e. The van der Waals surface area contributed by atoms with Crippen molar-refractivity contribution in [2.75, 3.05) is 5.73 Å². The largest absolute Gasteiger partial charge is 0.398 e. The summed E-state index contributed by atoms with van der Waals surface area (Å²) in [5, 5.41) is 0.0774.